The molecular formula is C20H23F2NO2S. The van der Waals surface area contributed by atoms with Gasteiger partial charge >= 0.3 is 0 Å². The van der Waals surface area contributed by atoms with Crippen LogP contribution >= 0.6 is 11.3 Å². The fourth-order valence-electron chi connectivity index (χ4n) is 3.05. The highest BCUT2D eigenvalue weighted by Crippen LogP contribution is 2.34. The van der Waals surface area contributed by atoms with Crippen molar-refractivity contribution in [3.63, 3.8) is 0 Å². The molecule has 0 N–H and O–H groups in total. The van der Waals surface area contributed by atoms with Crippen molar-refractivity contribution in [1.29, 1.82) is 0 Å². The van der Waals surface area contributed by atoms with Gasteiger partial charge in [0.05, 0.1) is 5.69 Å². The molecule has 6 heteroatoms. The number of carbonyl (C=O) groups excluding carboxylic acids is 2. The number of halogens is 2. The lowest BCUT2D eigenvalue weighted by molar-refractivity contribution is -0.128. The molecule has 2 aromatic rings. The van der Waals surface area contributed by atoms with Crippen LogP contribution in [0.25, 0.3) is 10.6 Å². The minimum absolute atomic E-state index is 0.143. The molecule has 0 saturated heterocycles. The number of thiazole rings is 1. The summed E-state index contributed by atoms with van der Waals surface area (Å²) in [4.78, 5) is 29.6. The fourth-order valence-corrected chi connectivity index (χ4v) is 4.03. The number of aromatic nitrogens is 1. The van der Waals surface area contributed by atoms with Gasteiger partial charge in [0.2, 0.25) is 0 Å². The zero-order valence-electron chi connectivity index (χ0n) is 15.4. The quantitative estimate of drug-likeness (QED) is 0.461. The molecule has 2 atom stereocenters. The van der Waals surface area contributed by atoms with E-state index in [0.717, 1.165) is 12.1 Å². The molecule has 0 fully saturated rings. The first-order valence-electron chi connectivity index (χ1n) is 8.70. The number of carbonyl (C=O) groups is 2. The summed E-state index contributed by atoms with van der Waals surface area (Å²) in [6, 6.07) is 3.27. The van der Waals surface area contributed by atoms with E-state index in [-0.39, 0.29) is 17.3 Å². The molecule has 0 spiro atoms. The Balaban J connectivity index is 2.38. The van der Waals surface area contributed by atoms with Crippen LogP contribution in [-0.2, 0) is 9.59 Å². The van der Waals surface area contributed by atoms with Crippen molar-refractivity contribution in [3.05, 3.63) is 40.4 Å². The standard InChI is InChI=1S/C20H23F2NO2S/c1-5-13(8-11(2)3)19(25)16(10-24)18-12(4)26-20(23-18)15-7-6-14(21)9-17(15)22/h6-7,9-11,13,16H,5,8H2,1-4H3/t13-,16?/m1/s1. The highest BCUT2D eigenvalue weighted by atomic mass is 32.1. The molecule has 3 nitrogen and oxygen atoms in total. The molecule has 0 aliphatic heterocycles. The third-order valence-corrected chi connectivity index (χ3v) is 5.40. The average molecular weight is 379 g/mol. The van der Waals surface area contributed by atoms with Crippen molar-refractivity contribution in [2.24, 2.45) is 11.8 Å². The van der Waals surface area contributed by atoms with Gasteiger partial charge in [-0.05, 0) is 37.8 Å². The molecule has 1 aromatic carbocycles. The summed E-state index contributed by atoms with van der Waals surface area (Å²) in [6.07, 6.45) is 1.99. The van der Waals surface area contributed by atoms with E-state index in [2.05, 4.69) is 4.98 Å². The molecule has 0 aliphatic rings. The lowest BCUT2D eigenvalue weighted by Crippen LogP contribution is -2.25. The maximum absolute atomic E-state index is 14.0. The van der Waals surface area contributed by atoms with Crippen LogP contribution in [0.3, 0.4) is 0 Å². The van der Waals surface area contributed by atoms with Crippen LogP contribution in [0.15, 0.2) is 18.2 Å². The Hall–Kier alpha value is -1.95. The van der Waals surface area contributed by atoms with Gasteiger partial charge in [-0.3, -0.25) is 4.79 Å². The van der Waals surface area contributed by atoms with E-state index in [1.54, 1.807) is 6.92 Å². The highest BCUT2D eigenvalue weighted by Gasteiger charge is 2.31. The first-order chi connectivity index (χ1) is 12.3. The second kappa shape index (κ2) is 8.62. The van der Waals surface area contributed by atoms with Crippen molar-refractivity contribution in [3.8, 4) is 10.6 Å². The maximum atomic E-state index is 14.0. The van der Waals surface area contributed by atoms with Crippen LogP contribution in [0.4, 0.5) is 8.78 Å². The zero-order valence-corrected chi connectivity index (χ0v) is 16.2. The van der Waals surface area contributed by atoms with Gasteiger partial charge in [-0.15, -0.1) is 11.3 Å². The topological polar surface area (TPSA) is 47.0 Å². The number of hydrogen-bond acceptors (Lipinski definition) is 4. The van der Waals surface area contributed by atoms with Gasteiger partial charge in [-0.25, -0.2) is 13.8 Å². The van der Waals surface area contributed by atoms with Crippen LogP contribution in [-0.4, -0.2) is 17.1 Å². The van der Waals surface area contributed by atoms with Crippen molar-refractivity contribution in [2.45, 2.75) is 46.5 Å². The number of aryl methyl sites for hydroxylation is 1. The van der Waals surface area contributed by atoms with Gasteiger partial charge in [0, 0.05) is 22.4 Å². The van der Waals surface area contributed by atoms with E-state index < -0.39 is 17.6 Å². The zero-order chi connectivity index (χ0) is 19.4. The number of rotatable bonds is 8. The smallest absolute Gasteiger partial charge is 0.152 e. The number of Topliss-reactive ketones (excluding diaryl/α,β-unsaturated/α-hetero) is 1. The number of nitrogens with zero attached hydrogens (tertiary/aromatic N) is 1. The van der Waals surface area contributed by atoms with Crippen LogP contribution in [0.5, 0.6) is 0 Å². The molecule has 1 aromatic heterocycles. The molecular weight excluding hydrogens is 356 g/mol. The van der Waals surface area contributed by atoms with Crippen molar-refractivity contribution in [1.82, 2.24) is 4.98 Å². The summed E-state index contributed by atoms with van der Waals surface area (Å²) in [5.74, 6) is -2.34. The van der Waals surface area contributed by atoms with Gasteiger partial charge in [0.25, 0.3) is 0 Å². The van der Waals surface area contributed by atoms with E-state index in [9.17, 15) is 18.4 Å². The number of hydrogen-bond donors (Lipinski definition) is 0. The summed E-state index contributed by atoms with van der Waals surface area (Å²) in [6.45, 7) is 7.76. The number of benzene rings is 1. The first kappa shape index (κ1) is 20.4. The summed E-state index contributed by atoms with van der Waals surface area (Å²) in [5.41, 5.74) is 0.535. The Morgan fingerprint density at radius 2 is 2.00 bits per heavy atom. The summed E-state index contributed by atoms with van der Waals surface area (Å²) in [5, 5.41) is 0.339. The largest absolute Gasteiger partial charge is 0.302 e. The van der Waals surface area contributed by atoms with Crippen molar-refractivity contribution < 1.29 is 18.4 Å². The molecule has 0 amide bonds. The van der Waals surface area contributed by atoms with Gasteiger partial charge in [-0.1, -0.05) is 20.8 Å². The summed E-state index contributed by atoms with van der Waals surface area (Å²) < 4.78 is 27.2. The molecule has 0 radical (unpaired) electrons. The Kier molecular flexibility index (Phi) is 6.75. The lowest BCUT2D eigenvalue weighted by Gasteiger charge is -2.19. The minimum Gasteiger partial charge on any atom is -0.302 e. The van der Waals surface area contributed by atoms with Gasteiger partial charge in [-0.2, -0.15) is 0 Å². The Bertz CT molecular complexity index is 801. The second-order valence-electron chi connectivity index (χ2n) is 6.84. The second-order valence-corrected chi connectivity index (χ2v) is 8.04. The van der Waals surface area contributed by atoms with Gasteiger partial charge < -0.3 is 4.79 Å². The molecule has 1 heterocycles. The third-order valence-electron chi connectivity index (χ3n) is 4.38. The van der Waals surface area contributed by atoms with Crippen LogP contribution < -0.4 is 0 Å². The monoisotopic (exact) mass is 379 g/mol. The molecule has 1 unspecified atom stereocenters. The van der Waals surface area contributed by atoms with Gasteiger partial charge in [0.15, 0.2) is 5.78 Å². The normalized spacial score (nSPS) is 13.7. The first-order valence-corrected chi connectivity index (χ1v) is 9.51. The van der Waals surface area contributed by atoms with Crippen LogP contribution in [0.1, 0.15) is 50.1 Å². The molecule has 2 rings (SSSR count). The fraction of sp³-hybridized carbons (Fsp3) is 0.450. The number of ketones is 1. The Labute approximate surface area is 156 Å². The molecule has 140 valence electrons. The average Bonchev–Trinajstić information content (AvgIpc) is 2.94. The van der Waals surface area contributed by atoms with E-state index in [1.807, 2.05) is 20.8 Å². The SMILES string of the molecule is CC[C@H](CC(C)C)C(=O)C(C=O)c1nc(-c2ccc(F)cc2F)sc1C. The minimum atomic E-state index is -0.952. The van der Waals surface area contributed by atoms with Crippen molar-refractivity contribution >= 4 is 23.4 Å². The Morgan fingerprint density at radius 1 is 1.31 bits per heavy atom. The maximum Gasteiger partial charge on any atom is 0.152 e. The predicted octanol–water partition coefficient (Wildman–Crippen LogP) is 5.32. The van der Waals surface area contributed by atoms with E-state index in [0.29, 0.717) is 40.6 Å². The van der Waals surface area contributed by atoms with Gasteiger partial charge in [0.1, 0.15) is 28.8 Å². The van der Waals surface area contributed by atoms with Crippen molar-refractivity contribution in [2.75, 3.05) is 0 Å². The molecule has 0 bridgehead atoms. The number of aldehydes is 1. The molecule has 0 aliphatic carbocycles. The van der Waals surface area contributed by atoms with E-state index in [4.69, 9.17) is 0 Å². The summed E-state index contributed by atoms with van der Waals surface area (Å²) >= 11 is 1.20. The van der Waals surface area contributed by atoms with Crippen LogP contribution in [0.2, 0.25) is 0 Å². The summed E-state index contributed by atoms with van der Waals surface area (Å²) in [7, 11) is 0. The molecule has 0 saturated carbocycles. The van der Waals surface area contributed by atoms with E-state index >= 15 is 0 Å². The van der Waals surface area contributed by atoms with Crippen LogP contribution in [0, 0.1) is 30.4 Å². The predicted molar refractivity (Wildman–Crippen MR) is 99.3 cm³/mol. The highest BCUT2D eigenvalue weighted by molar-refractivity contribution is 7.15. The lowest BCUT2D eigenvalue weighted by atomic mass is 9.84. The third kappa shape index (κ3) is 4.41. The Morgan fingerprint density at radius 3 is 2.54 bits per heavy atom. The molecule has 26 heavy (non-hydrogen) atoms. The van der Waals surface area contributed by atoms with E-state index in [1.165, 1.54) is 17.4 Å².